The minimum Gasteiger partial charge on any atom is -0.438 e. The molecule has 0 saturated carbocycles. The molecule has 0 saturated heterocycles. The van der Waals surface area contributed by atoms with Crippen molar-refractivity contribution in [1.29, 1.82) is 0 Å². The lowest BCUT2D eigenvalue weighted by Gasteiger charge is -2.10. The van der Waals surface area contributed by atoms with E-state index >= 15 is 0 Å². The van der Waals surface area contributed by atoms with Crippen LogP contribution in [0.4, 0.5) is 10.1 Å². The average molecular weight is 261 g/mol. The van der Waals surface area contributed by atoms with Crippen molar-refractivity contribution in [2.45, 2.75) is 6.92 Å². The molecule has 0 spiro atoms. The lowest BCUT2D eigenvalue weighted by Crippen LogP contribution is -2.13. The number of ether oxygens (including phenoxy) is 1. The number of primary amides is 1. The Bertz CT molecular complexity index is 644. The van der Waals surface area contributed by atoms with Gasteiger partial charge in [0.05, 0.1) is 11.9 Å². The molecule has 1 aromatic heterocycles. The molecule has 0 aliphatic rings. The second-order valence-electron chi connectivity index (χ2n) is 4.00. The third kappa shape index (κ3) is 2.79. The predicted molar refractivity (Wildman–Crippen MR) is 68.4 cm³/mol. The number of nitrogens with zero attached hydrogens (tertiary/aromatic N) is 1. The molecule has 1 aromatic carbocycles. The summed E-state index contributed by atoms with van der Waals surface area (Å²) in [5.74, 6) is -0.641. The maximum Gasteiger partial charge on any atom is 0.254 e. The maximum absolute atomic E-state index is 13.0. The SMILES string of the molecule is Cc1cc(F)ccc1Oc1ncc(N)cc1C(N)=O. The van der Waals surface area contributed by atoms with Crippen LogP contribution in [0.3, 0.4) is 0 Å². The quantitative estimate of drug-likeness (QED) is 0.884. The fourth-order valence-electron chi connectivity index (χ4n) is 1.56. The number of benzene rings is 1. The number of nitrogen functional groups attached to an aromatic ring is 1. The van der Waals surface area contributed by atoms with Crippen molar-refractivity contribution in [3.05, 3.63) is 47.4 Å². The van der Waals surface area contributed by atoms with Crippen LogP contribution >= 0.6 is 0 Å². The number of rotatable bonds is 3. The molecule has 5 nitrogen and oxygen atoms in total. The third-order valence-electron chi connectivity index (χ3n) is 2.48. The van der Waals surface area contributed by atoms with Gasteiger partial charge in [-0.15, -0.1) is 0 Å². The first kappa shape index (κ1) is 12.8. The van der Waals surface area contributed by atoms with Crippen molar-refractivity contribution >= 4 is 11.6 Å². The number of amides is 1. The lowest BCUT2D eigenvalue weighted by atomic mass is 10.2. The Hall–Kier alpha value is -2.63. The van der Waals surface area contributed by atoms with E-state index in [0.717, 1.165) is 0 Å². The van der Waals surface area contributed by atoms with Gasteiger partial charge >= 0.3 is 0 Å². The van der Waals surface area contributed by atoms with Crippen LogP contribution in [-0.2, 0) is 0 Å². The standard InChI is InChI=1S/C13H12FN3O2/c1-7-4-8(14)2-3-11(7)19-13-10(12(16)18)5-9(15)6-17-13/h2-6H,15H2,1H3,(H2,16,18). The van der Waals surface area contributed by atoms with E-state index < -0.39 is 5.91 Å². The lowest BCUT2D eigenvalue weighted by molar-refractivity contribution is 0.0997. The molecule has 98 valence electrons. The summed E-state index contributed by atoms with van der Waals surface area (Å²) in [6.45, 7) is 1.68. The average Bonchev–Trinajstić information content (AvgIpc) is 2.34. The Labute approximate surface area is 109 Å². The van der Waals surface area contributed by atoms with Gasteiger partial charge in [-0.1, -0.05) is 0 Å². The van der Waals surface area contributed by atoms with Crippen molar-refractivity contribution in [2.24, 2.45) is 5.73 Å². The summed E-state index contributed by atoms with van der Waals surface area (Å²) < 4.78 is 18.5. The predicted octanol–water partition coefficient (Wildman–Crippen LogP) is 2.00. The molecule has 4 N–H and O–H groups in total. The van der Waals surface area contributed by atoms with E-state index in [4.69, 9.17) is 16.2 Å². The first-order chi connectivity index (χ1) is 8.97. The molecule has 0 unspecified atom stereocenters. The van der Waals surface area contributed by atoms with Crippen LogP contribution in [-0.4, -0.2) is 10.9 Å². The van der Waals surface area contributed by atoms with Gasteiger partial charge in [0.1, 0.15) is 17.1 Å². The second-order valence-corrected chi connectivity index (χ2v) is 4.00. The molecular weight excluding hydrogens is 249 g/mol. The van der Waals surface area contributed by atoms with Crippen molar-refractivity contribution in [2.75, 3.05) is 5.73 Å². The monoisotopic (exact) mass is 261 g/mol. The Morgan fingerprint density at radius 1 is 1.37 bits per heavy atom. The molecule has 0 radical (unpaired) electrons. The number of hydrogen-bond donors (Lipinski definition) is 2. The Balaban J connectivity index is 2.40. The number of nitrogens with two attached hydrogens (primary N) is 2. The van der Waals surface area contributed by atoms with Gasteiger partial charge in [-0.2, -0.15) is 0 Å². The van der Waals surface area contributed by atoms with E-state index in [1.807, 2.05) is 0 Å². The number of halogens is 1. The van der Waals surface area contributed by atoms with E-state index in [9.17, 15) is 9.18 Å². The van der Waals surface area contributed by atoms with Crippen LogP contribution in [0.25, 0.3) is 0 Å². The zero-order valence-electron chi connectivity index (χ0n) is 10.2. The first-order valence-electron chi connectivity index (χ1n) is 5.46. The Morgan fingerprint density at radius 2 is 2.11 bits per heavy atom. The van der Waals surface area contributed by atoms with Crippen LogP contribution in [0, 0.1) is 12.7 Å². The molecule has 2 aromatic rings. The molecular formula is C13H12FN3O2. The van der Waals surface area contributed by atoms with Crippen LogP contribution in [0.15, 0.2) is 30.5 Å². The van der Waals surface area contributed by atoms with Crippen molar-refractivity contribution < 1.29 is 13.9 Å². The van der Waals surface area contributed by atoms with Crippen LogP contribution < -0.4 is 16.2 Å². The van der Waals surface area contributed by atoms with Crippen molar-refractivity contribution in [3.8, 4) is 11.6 Å². The first-order valence-corrected chi connectivity index (χ1v) is 5.46. The maximum atomic E-state index is 13.0. The Morgan fingerprint density at radius 3 is 2.74 bits per heavy atom. The summed E-state index contributed by atoms with van der Waals surface area (Å²) in [4.78, 5) is 15.2. The van der Waals surface area contributed by atoms with Crippen LogP contribution in [0.1, 0.15) is 15.9 Å². The van der Waals surface area contributed by atoms with Gasteiger partial charge < -0.3 is 16.2 Å². The number of carbonyl (C=O) groups excluding carboxylic acids is 1. The second kappa shape index (κ2) is 4.93. The summed E-state index contributed by atoms with van der Waals surface area (Å²) in [5, 5.41) is 0. The molecule has 2 rings (SSSR count). The Kier molecular flexibility index (Phi) is 3.33. The summed E-state index contributed by atoms with van der Waals surface area (Å²) in [6, 6.07) is 5.40. The summed E-state index contributed by atoms with van der Waals surface area (Å²) in [5.41, 5.74) is 11.7. The van der Waals surface area contributed by atoms with Gasteiger partial charge in [0, 0.05) is 0 Å². The number of aryl methyl sites for hydroxylation is 1. The van der Waals surface area contributed by atoms with Crippen molar-refractivity contribution in [3.63, 3.8) is 0 Å². The van der Waals surface area contributed by atoms with Crippen LogP contribution in [0.2, 0.25) is 0 Å². The minimum atomic E-state index is -0.699. The van der Waals surface area contributed by atoms with Gasteiger partial charge in [0.25, 0.3) is 5.91 Å². The summed E-state index contributed by atoms with van der Waals surface area (Å²) in [6.07, 6.45) is 1.35. The highest BCUT2D eigenvalue weighted by Crippen LogP contribution is 2.27. The van der Waals surface area contributed by atoms with Gasteiger partial charge in [-0.3, -0.25) is 4.79 Å². The highest BCUT2D eigenvalue weighted by molar-refractivity contribution is 5.95. The number of aromatic nitrogens is 1. The van der Waals surface area contributed by atoms with E-state index in [-0.39, 0.29) is 17.3 Å². The molecule has 19 heavy (non-hydrogen) atoms. The normalized spacial score (nSPS) is 10.2. The number of anilines is 1. The van der Waals surface area contributed by atoms with E-state index in [0.29, 0.717) is 17.0 Å². The van der Waals surface area contributed by atoms with E-state index in [1.54, 1.807) is 6.92 Å². The largest absolute Gasteiger partial charge is 0.438 e. The van der Waals surface area contributed by atoms with E-state index in [1.165, 1.54) is 30.5 Å². The molecule has 1 amide bonds. The van der Waals surface area contributed by atoms with Gasteiger partial charge in [-0.05, 0) is 36.8 Å². The highest BCUT2D eigenvalue weighted by Gasteiger charge is 2.13. The number of pyridine rings is 1. The fraction of sp³-hybridized carbons (Fsp3) is 0.0769. The molecule has 0 fully saturated rings. The number of carbonyl (C=O) groups is 1. The van der Waals surface area contributed by atoms with Crippen LogP contribution in [0.5, 0.6) is 11.6 Å². The topological polar surface area (TPSA) is 91.2 Å². The van der Waals surface area contributed by atoms with Gasteiger partial charge in [-0.25, -0.2) is 9.37 Å². The van der Waals surface area contributed by atoms with Gasteiger partial charge in [0.2, 0.25) is 5.88 Å². The molecule has 6 heteroatoms. The zero-order valence-corrected chi connectivity index (χ0v) is 10.2. The minimum absolute atomic E-state index is 0.0383. The molecule has 0 atom stereocenters. The molecule has 0 aliphatic heterocycles. The van der Waals surface area contributed by atoms with Gasteiger partial charge in [0.15, 0.2) is 0 Å². The van der Waals surface area contributed by atoms with E-state index in [2.05, 4.69) is 4.98 Å². The molecule has 0 aliphatic carbocycles. The summed E-state index contributed by atoms with van der Waals surface area (Å²) >= 11 is 0. The molecule has 0 bridgehead atoms. The highest BCUT2D eigenvalue weighted by atomic mass is 19.1. The zero-order chi connectivity index (χ0) is 14.0. The van der Waals surface area contributed by atoms with Crippen molar-refractivity contribution in [1.82, 2.24) is 4.98 Å². The number of hydrogen-bond acceptors (Lipinski definition) is 4. The molecule has 1 heterocycles. The summed E-state index contributed by atoms with van der Waals surface area (Å²) in [7, 11) is 0. The fourth-order valence-corrected chi connectivity index (χ4v) is 1.56. The smallest absolute Gasteiger partial charge is 0.254 e. The third-order valence-corrected chi connectivity index (χ3v) is 2.48.